The first-order valence-electron chi connectivity index (χ1n) is 6.80. The number of hydrogen-bond acceptors (Lipinski definition) is 3. The lowest BCUT2D eigenvalue weighted by Gasteiger charge is -2.12. The summed E-state index contributed by atoms with van der Waals surface area (Å²) in [6.07, 6.45) is 0.917. The standard InChI is InChI=1S/C16H15BrClNO2/c17-13-9-12(18)3-4-14(13)19-10-11-2-5-15-16(8-11)21-7-1-6-20-15/h2-5,8-9,19H,1,6-7,10H2. The molecule has 3 nitrogen and oxygen atoms in total. The van der Waals surface area contributed by atoms with E-state index >= 15 is 0 Å². The molecule has 0 atom stereocenters. The summed E-state index contributed by atoms with van der Waals surface area (Å²) in [7, 11) is 0. The highest BCUT2D eigenvalue weighted by Gasteiger charge is 2.10. The Bertz CT molecular complexity index is 648. The lowest BCUT2D eigenvalue weighted by atomic mass is 10.2. The second kappa shape index (κ2) is 6.58. The fraction of sp³-hybridized carbons (Fsp3) is 0.250. The summed E-state index contributed by atoms with van der Waals surface area (Å²) < 4.78 is 12.3. The molecule has 2 aromatic rings. The van der Waals surface area contributed by atoms with E-state index < -0.39 is 0 Å². The Morgan fingerprint density at radius 3 is 2.67 bits per heavy atom. The van der Waals surface area contributed by atoms with Gasteiger partial charge in [-0.1, -0.05) is 17.7 Å². The van der Waals surface area contributed by atoms with Crippen LogP contribution < -0.4 is 14.8 Å². The Labute approximate surface area is 137 Å². The molecule has 3 rings (SSSR count). The summed E-state index contributed by atoms with van der Waals surface area (Å²) in [5.74, 6) is 1.64. The van der Waals surface area contributed by atoms with Crippen LogP contribution in [0.3, 0.4) is 0 Å². The Morgan fingerprint density at radius 1 is 1.05 bits per heavy atom. The van der Waals surface area contributed by atoms with Crippen LogP contribution >= 0.6 is 27.5 Å². The molecule has 0 unspecified atom stereocenters. The minimum absolute atomic E-state index is 0.701. The molecule has 1 aliphatic rings. The van der Waals surface area contributed by atoms with E-state index in [4.69, 9.17) is 21.1 Å². The summed E-state index contributed by atoms with van der Waals surface area (Å²) >= 11 is 9.44. The second-order valence-corrected chi connectivity index (χ2v) is 6.10. The van der Waals surface area contributed by atoms with Crippen molar-refractivity contribution in [1.29, 1.82) is 0 Å². The van der Waals surface area contributed by atoms with Crippen LogP contribution in [-0.4, -0.2) is 13.2 Å². The van der Waals surface area contributed by atoms with E-state index in [0.717, 1.165) is 33.6 Å². The van der Waals surface area contributed by atoms with Crippen LogP contribution in [0.15, 0.2) is 40.9 Å². The molecule has 1 aliphatic heterocycles. The van der Waals surface area contributed by atoms with Gasteiger partial charge in [-0.15, -0.1) is 0 Å². The van der Waals surface area contributed by atoms with Crippen molar-refractivity contribution in [1.82, 2.24) is 0 Å². The quantitative estimate of drug-likeness (QED) is 0.838. The Morgan fingerprint density at radius 2 is 1.86 bits per heavy atom. The van der Waals surface area contributed by atoms with Crippen LogP contribution in [0.1, 0.15) is 12.0 Å². The summed E-state index contributed by atoms with van der Waals surface area (Å²) in [6.45, 7) is 2.12. The molecule has 0 radical (unpaired) electrons. The summed E-state index contributed by atoms with van der Waals surface area (Å²) in [6, 6.07) is 11.7. The van der Waals surface area contributed by atoms with E-state index in [1.54, 1.807) is 0 Å². The Hall–Kier alpha value is -1.39. The van der Waals surface area contributed by atoms with Crippen molar-refractivity contribution in [3.63, 3.8) is 0 Å². The van der Waals surface area contributed by atoms with E-state index in [-0.39, 0.29) is 0 Å². The highest BCUT2D eigenvalue weighted by atomic mass is 79.9. The van der Waals surface area contributed by atoms with Gasteiger partial charge in [0.1, 0.15) is 0 Å². The van der Waals surface area contributed by atoms with Crippen molar-refractivity contribution >= 4 is 33.2 Å². The average molecular weight is 369 g/mol. The van der Waals surface area contributed by atoms with Crippen LogP contribution in [0.5, 0.6) is 11.5 Å². The number of halogens is 2. The van der Waals surface area contributed by atoms with Crippen LogP contribution in [0.4, 0.5) is 5.69 Å². The zero-order chi connectivity index (χ0) is 14.7. The molecule has 1 N–H and O–H groups in total. The van der Waals surface area contributed by atoms with Crippen molar-refractivity contribution in [2.45, 2.75) is 13.0 Å². The molecule has 0 saturated carbocycles. The van der Waals surface area contributed by atoms with Crippen LogP contribution in [-0.2, 0) is 6.54 Å². The third-order valence-corrected chi connectivity index (χ3v) is 4.12. The predicted octanol–water partition coefficient (Wildman–Crippen LogP) is 4.88. The van der Waals surface area contributed by atoms with Gasteiger partial charge in [-0.05, 0) is 51.8 Å². The maximum Gasteiger partial charge on any atom is 0.161 e. The molecule has 1 heterocycles. The van der Waals surface area contributed by atoms with Crippen LogP contribution in [0, 0.1) is 0 Å². The third kappa shape index (κ3) is 3.63. The van der Waals surface area contributed by atoms with Gasteiger partial charge >= 0.3 is 0 Å². The first-order chi connectivity index (χ1) is 10.2. The van der Waals surface area contributed by atoms with Crippen LogP contribution in [0.25, 0.3) is 0 Å². The molecular formula is C16H15BrClNO2. The molecule has 0 fully saturated rings. The Balaban J connectivity index is 1.72. The minimum atomic E-state index is 0.701. The second-order valence-electron chi connectivity index (χ2n) is 4.81. The van der Waals surface area contributed by atoms with Gasteiger partial charge in [0, 0.05) is 28.1 Å². The average Bonchev–Trinajstić information content (AvgIpc) is 2.71. The van der Waals surface area contributed by atoms with Gasteiger partial charge in [0.25, 0.3) is 0 Å². The molecule has 0 amide bonds. The number of nitrogens with one attached hydrogen (secondary N) is 1. The summed E-state index contributed by atoms with van der Waals surface area (Å²) in [4.78, 5) is 0. The van der Waals surface area contributed by atoms with Crippen molar-refractivity contribution in [3.8, 4) is 11.5 Å². The molecule has 21 heavy (non-hydrogen) atoms. The minimum Gasteiger partial charge on any atom is -0.490 e. The SMILES string of the molecule is Clc1ccc(NCc2ccc3c(c2)OCCCO3)c(Br)c1. The van der Waals surface area contributed by atoms with Gasteiger partial charge in [0.2, 0.25) is 0 Å². The van der Waals surface area contributed by atoms with Crippen molar-refractivity contribution in [2.24, 2.45) is 0 Å². The van der Waals surface area contributed by atoms with Crippen molar-refractivity contribution < 1.29 is 9.47 Å². The number of rotatable bonds is 3. The highest BCUT2D eigenvalue weighted by Crippen LogP contribution is 2.31. The maximum atomic E-state index is 5.94. The molecule has 0 aromatic heterocycles. The summed E-state index contributed by atoms with van der Waals surface area (Å²) in [5.41, 5.74) is 2.15. The first kappa shape index (κ1) is 14.5. The topological polar surface area (TPSA) is 30.5 Å². The Kier molecular flexibility index (Phi) is 4.56. The number of benzene rings is 2. The van der Waals surface area contributed by atoms with Gasteiger partial charge in [0.15, 0.2) is 11.5 Å². The molecule has 2 aromatic carbocycles. The predicted molar refractivity (Wildman–Crippen MR) is 88.5 cm³/mol. The van der Waals surface area contributed by atoms with Gasteiger partial charge in [0.05, 0.1) is 13.2 Å². The number of fused-ring (bicyclic) bond motifs is 1. The fourth-order valence-electron chi connectivity index (χ4n) is 2.15. The van der Waals surface area contributed by atoms with Gasteiger partial charge in [-0.2, -0.15) is 0 Å². The third-order valence-electron chi connectivity index (χ3n) is 3.23. The zero-order valence-corrected chi connectivity index (χ0v) is 13.7. The first-order valence-corrected chi connectivity index (χ1v) is 7.97. The van der Waals surface area contributed by atoms with Gasteiger partial charge in [-0.3, -0.25) is 0 Å². The molecule has 0 bridgehead atoms. The van der Waals surface area contributed by atoms with E-state index in [2.05, 4.69) is 21.2 Å². The monoisotopic (exact) mass is 367 g/mol. The maximum absolute atomic E-state index is 5.94. The van der Waals surface area contributed by atoms with Crippen molar-refractivity contribution in [2.75, 3.05) is 18.5 Å². The molecule has 0 spiro atoms. The molecule has 5 heteroatoms. The highest BCUT2D eigenvalue weighted by molar-refractivity contribution is 9.10. The van der Waals surface area contributed by atoms with Gasteiger partial charge in [-0.25, -0.2) is 0 Å². The fourth-order valence-corrected chi connectivity index (χ4v) is 2.97. The van der Waals surface area contributed by atoms with E-state index in [1.165, 1.54) is 0 Å². The largest absolute Gasteiger partial charge is 0.490 e. The number of ether oxygens (including phenoxy) is 2. The van der Waals surface area contributed by atoms with Crippen molar-refractivity contribution in [3.05, 3.63) is 51.5 Å². The molecule has 0 aliphatic carbocycles. The summed E-state index contributed by atoms with van der Waals surface area (Å²) in [5, 5.41) is 4.09. The van der Waals surface area contributed by atoms with E-state index in [1.807, 2.05) is 36.4 Å². The van der Waals surface area contributed by atoms with E-state index in [0.29, 0.717) is 24.8 Å². The smallest absolute Gasteiger partial charge is 0.161 e. The van der Waals surface area contributed by atoms with Crippen LogP contribution in [0.2, 0.25) is 5.02 Å². The lowest BCUT2D eigenvalue weighted by Crippen LogP contribution is -2.01. The van der Waals surface area contributed by atoms with Gasteiger partial charge < -0.3 is 14.8 Å². The lowest BCUT2D eigenvalue weighted by molar-refractivity contribution is 0.297. The number of anilines is 1. The normalized spacial score (nSPS) is 13.6. The zero-order valence-electron chi connectivity index (χ0n) is 11.4. The number of hydrogen-bond donors (Lipinski definition) is 1. The molecule has 110 valence electrons. The van der Waals surface area contributed by atoms with E-state index in [9.17, 15) is 0 Å². The molecule has 0 saturated heterocycles. The molecular weight excluding hydrogens is 354 g/mol.